The van der Waals surface area contributed by atoms with Crippen LogP contribution >= 0.6 is 0 Å². The molecule has 4 heteroatoms. The van der Waals surface area contributed by atoms with Crippen LogP contribution in [0.15, 0.2) is 12.4 Å². The van der Waals surface area contributed by atoms with Gasteiger partial charge in [-0.15, -0.1) is 0 Å². The Morgan fingerprint density at radius 1 is 1.25 bits per heavy atom. The molecule has 1 aromatic rings. The molecule has 112 valence electrons. The van der Waals surface area contributed by atoms with Gasteiger partial charge < -0.3 is 10.0 Å². The largest absolute Gasteiger partial charge is 0.385 e. The predicted molar refractivity (Wildman–Crippen MR) is 79.5 cm³/mol. The SMILES string of the molecule is CN1C2CCCC1CC(O)(c1cnn(C(C)(C)C)c1)C2. The summed E-state index contributed by atoms with van der Waals surface area (Å²) in [6.07, 6.45) is 9.32. The van der Waals surface area contributed by atoms with Crippen LogP contribution in [0.5, 0.6) is 0 Å². The van der Waals surface area contributed by atoms with Crippen LogP contribution in [0.25, 0.3) is 0 Å². The monoisotopic (exact) mass is 277 g/mol. The molecule has 2 bridgehead atoms. The van der Waals surface area contributed by atoms with Crippen LogP contribution in [-0.4, -0.2) is 38.9 Å². The first kappa shape index (κ1) is 14.1. The number of hydrogen-bond donors (Lipinski definition) is 1. The molecule has 20 heavy (non-hydrogen) atoms. The van der Waals surface area contributed by atoms with Gasteiger partial charge in [0.15, 0.2) is 0 Å². The first-order chi connectivity index (χ1) is 9.29. The Morgan fingerprint density at radius 2 is 1.85 bits per heavy atom. The van der Waals surface area contributed by atoms with Gasteiger partial charge in [0.05, 0.1) is 17.3 Å². The molecule has 0 saturated carbocycles. The van der Waals surface area contributed by atoms with E-state index in [1.807, 2.05) is 17.1 Å². The Hall–Kier alpha value is -0.870. The zero-order valence-corrected chi connectivity index (χ0v) is 13.1. The van der Waals surface area contributed by atoms with Crippen LogP contribution in [0.1, 0.15) is 58.4 Å². The fourth-order valence-corrected chi connectivity index (χ4v) is 3.82. The number of aromatic nitrogens is 2. The van der Waals surface area contributed by atoms with Crippen LogP contribution < -0.4 is 0 Å². The standard InChI is InChI=1S/C16H27N3O/c1-15(2,3)19-11-12(10-17-19)16(20)8-13-6-5-7-14(9-16)18(13)4/h10-11,13-14,20H,5-9H2,1-4H3. The van der Waals surface area contributed by atoms with Crippen molar-refractivity contribution in [2.75, 3.05) is 7.05 Å². The zero-order valence-electron chi connectivity index (χ0n) is 13.1. The number of hydrogen-bond acceptors (Lipinski definition) is 3. The maximum atomic E-state index is 11.2. The summed E-state index contributed by atoms with van der Waals surface area (Å²) < 4.78 is 1.97. The first-order valence-electron chi connectivity index (χ1n) is 7.79. The second kappa shape index (κ2) is 4.57. The average molecular weight is 277 g/mol. The van der Waals surface area contributed by atoms with Crippen molar-refractivity contribution in [3.8, 4) is 0 Å². The summed E-state index contributed by atoms with van der Waals surface area (Å²) in [5.74, 6) is 0. The molecule has 0 spiro atoms. The maximum absolute atomic E-state index is 11.2. The Kier molecular flexibility index (Phi) is 3.22. The summed E-state index contributed by atoms with van der Waals surface area (Å²) in [7, 11) is 2.21. The molecule has 0 aliphatic carbocycles. The fraction of sp³-hybridized carbons (Fsp3) is 0.812. The average Bonchev–Trinajstić information content (AvgIpc) is 2.81. The Bertz CT molecular complexity index is 474. The van der Waals surface area contributed by atoms with Crippen molar-refractivity contribution < 1.29 is 5.11 Å². The number of rotatable bonds is 1. The summed E-state index contributed by atoms with van der Waals surface area (Å²) in [6, 6.07) is 1.04. The molecule has 3 heterocycles. The van der Waals surface area contributed by atoms with Gasteiger partial charge in [-0.1, -0.05) is 6.42 Å². The molecule has 2 unspecified atom stereocenters. The molecule has 0 radical (unpaired) electrons. The summed E-state index contributed by atoms with van der Waals surface area (Å²) in [4.78, 5) is 2.48. The van der Waals surface area contributed by atoms with Gasteiger partial charge in [-0.25, -0.2) is 0 Å². The summed E-state index contributed by atoms with van der Waals surface area (Å²) in [6.45, 7) is 6.41. The molecule has 0 aromatic carbocycles. The molecule has 2 atom stereocenters. The molecule has 2 fully saturated rings. The van der Waals surface area contributed by atoms with Crippen molar-refractivity contribution in [1.82, 2.24) is 14.7 Å². The van der Waals surface area contributed by atoms with Gasteiger partial charge in [0.25, 0.3) is 0 Å². The van der Waals surface area contributed by atoms with Gasteiger partial charge in [0, 0.05) is 23.8 Å². The van der Waals surface area contributed by atoms with Gasteiger partial charge in [0.2, 0.25) is 0 Å². The lowest BCUT2D eigenvalue weighted by Crippen LogP contribution is -2.55. The minimum absolute atomic E-state index is 0.0318. The molecular weight excluding hydrogens is 250 g/mol. The zero-order chi connectivity index (χ0) is 14.5. The van der Waals surface area contributed by atoms with Gasteiger partial charge in [-0.05, 0) is 53.5 Å². The Balaban J connectivity index is 1.87. The van der Waals surface area contributed by atoms with Crippen molar-refractivity contribution in [2.45, 2.75) is 76.1 Å². The van der Waals surface area contributed by atoms with Crippen LogP contribution in [0.3, 0.4) is 0 Å². The van der Waals surface area contributed by atoms with E-state index in [1.165, 1.54) is 19.3 Å². The number of fused-ring (bicyclic) bond motifs is 2. The van der Waals surface area contributed by atoms with E-state index in [2.05, 4.69) is 37.8 Å². The van der Waals surface area contributed by atoms with Crippen molar-refractivity contribution in [3.63, 3.8) is 0 Å². The summed E-state index contributed by atoms with van der Waals surface area (Å²) >= 11 is 0. The van der Waals surface area contributed by atoms with Gasteiger partial charge >= 0.3 is 0 Å². The molecule has 2 saturated heterocycles. The molecular formula is C16H27N3O. The quantitative estimate of drug-likeness (QED) is 0.857. The van der Waals surface area contributed by atoms with Crippen LogP contribution in [0.4, 0.5) is 0 Å². The van der Waals surface area contributed by atoms with E-state index in [9.17, 15) is 5.11 Å². The van der Waals surface area contributed by atoms with E-state index in [4.69, 9.17) is 0 Å². The van der Waals surface area contributed by atoms with Crippen molar-refractivity contribution in [2.24, 2.45) is 0 Å². The summed E-state index contributed by atoms with van der Waals surface area (Å²) in [5.41, 5.74) is 0.277. The topological polar surface area (TPSA) is 41.3 Å². The maximum Gasteiger partial charge on any atom is 0.0956 e. The number of aliphatic hydroxyl groups is 1. The van der Waals surface area contributed by atoms with E-state index in [0.29, 0.717) is 12.1 Å². The highest BCUT2D eigenvalue weighted by molar-refractivity contribution is 5.19. The van der Waals surface area contributed by atoms with Crippen LogP contribution in [0, 0.1) is 0 Å². The van der Waals surface area contributed by atoms with Gasteiger partial charge in [0.1, 0.15) is 0 Å². The van der Waals surface area contributed by atoms with Gasteiger partial charge in [-0.3, -0.25) is 4.68 Å². The number of piperidine rings is 2. The normalized spacial score (nSPS) is 35.2. The molecule has 3 rings (SSSR count). The lowest BCUT2D eigenvalue weighted by molar-refractivity contribution is -0.0875. The third-order valence-corrected chi connectivity index (χ3v) is 5.18. The molecule has 1 N–H and O–H groups in total. The number of nitrogens with zero attached hydrogens (tertiary/aromatic N) is 3. The Morgan fingerprint density at radius 3 is 2.35 bits per heavy atom. The third-order valence-electron chi connectivity index (χ3n) is 5.18. The minimum atomic E-state index is -0.689. The van der Waals surface area contributed by atoms with E-state index < -0.39 is 5.60 Å². The molecule has 0 amide bonds. The smallest absolute Gasteiger partial charge is 0.0956 e. The molecule has 4 nitrogen and oxygen atoms in total. The van der Waals surface area contributed by atoms with Crippen molar-refractivity contribution in [3.05, 3.63) is 18.0 Å². The highest BCUT2D eigenvalue weighted by Crippen LogP contribution is 2.43. The highest BCUT2D eigenvalue weighted by atomic mass is 16.3. The fourth-order valence-electron chi connectivity index (χ4n) is 3.82. The second-order valence-electron chi connectivity index (χ2n) is 7.69. The predicted octanol–water partition coefficient (Wildman–Crippen LogP) is 2.47. The summed E-state index contributed by atoms with van der Waals surface area (Å²) in [5, 5.41) is 15.6. The van der Waals surface area contributed by atoms with Crippen LogP contribution in [0.2, 0.25) is 0 Å². The van der Waals surface area contributed by atoms with E-state index in [1.54, 1.807) is 0 Å². The third kappa shape index (κ3) is 2.29. The Labute approximate surface area is 121 Å². The van der Waals surface area contributed by atoms with Crippen molar-refractivity contribution in [1.29, 1.82) is 0 Å². The highest BCUT2D eigenvalue weighted by Gasteiger charge is 2.45. The van der Waals surface area contributed by atoms with Gasteiger partial charge in [-0.2, -0.15) is 5.10 Å². The lowest BCUT2D eigenvalue weighted by Gasteiger charge is -2.50. The first-order valence-corrected chi connectivity index (χ1v) is 7.79. The molecule has 2 aliphatic rings. The van der Waals surface area contributed by atoms with Crippen molar-refractivity contribution >= 4 is 0 Å². The molecule has 1 aromatic heterocycles. The molecule has 2 aliphatic heterocycles. The lowest BCUT2D eigenvalue weighted by atomic mass is 9.73. The minimum Gasteiger partial charge on any atom is -0.385 e. The van der Waals surface area contributed by atoms with Crippen LogP contribution in [-0.2, 0) is 11.1 Å². The van der Waals surface area contributed by atoms with E-state index in [0.717, 1.165) is 18.4 Å². The second-order valence-corrected chi connectivity index (χ2v) is 7.69. The van der Waals surface area contributed by atoms with E-state index in [-0.39, 0.29) is 5.54 Å². The van der Waals surface area contributed by atoms with E-state index >= 15 is 0 Å².